The maximum atomic E-state index is 13.3. The third-order valence-electron chi connectivity index (χ3n) is 6.17. The van der Waals surface area contributed by atoms with Crippen LogP contribution in [0.2, 0.25) is 0 Å². The summed E-state index contributed by atoms with van der Waals surface area (Å²) in [5, 5.41) is 2.70. The van der Waals surface area contributed by atoms with E-state index in [9.17, 15) is 14.4 Å². The first-order valence-electron chi connectivity index (χ1n) is 10.2. The Kier molecular flexibility index (Phi) is 4.63. The van der Waals surface area contributed by atoms with Crippen LogP contribution in [-0.2, 0) is 25.7 Å². The lowest BCUT2D eigenvalue weighted by molar-refractivity contribution is -0.126. The molecule has 3 aliphatic heterocycles. The van der Waals surface area contributed by atoms with E-state index in [-0.39, 0.29) is 25.0 Å². The lowest BCUT2D eigenvalue weighted by Crippen LogP contribution is -2.49. The van der Waals surface area contributed by atoms with E-state index in [1.54, 1.807) is 18.2 Å². The van der Waals surface area contributed by atoms with Crippen molar-refractivity contribution in [3.05, 3.63) is 77.9 Å². The number of aryl methyl sites for hydroxylation is 1. The number of fused-ring (bicyclic) bond motifs is 5. The minimum absolute atomic E-state index is 0.0511. The summed E-state index contributed by atoms with van der Waals surface area (Å²) < 4.78 is 11.3. The van der Waals surface area contributed by atoms with Gasteiger partial charge in [0.2, 0.25) is 11.8 Å². The zero-order valence-electron chi connectivity index (χ0n) is 17.0. The number of nitrogens with one attached hydrogen (secondary N) is 1. The predicted octanol–water partition coefficient (Wildman–Crippen LogP) is 2.73. The summed E-state index contributed by atoms with van der Waals surface area (Å²) in [6.45, 7) is 2.14. The fourth-order valence-electron chi connectivity index (χ4n) is 4.64. The van der Waals surface area contributed by atoms with Gasteiger partial charge in [0.1, 0.15) is 12.2 Å². The van der Waals surface area contributed by atoms with Crippen LogP contribution in [0.4, 0.5) is 10.5 Å². The largest absolute Gasteiger partial charge is 0.445 e. The van der Waals surface area contributed by atoms with Crippen molar-refractivity contribution in [2.75, 3.05) is 11.4 Å². The molecule has 4 atom stereocenters. The summed E-state index contributed by atoms with van der Waals surface area (Å²) >= 11 is 0. The highest BCUT2D eigenvalue weighted by molar-refractivity contribution is 6.23. The second kappa shape index (κ2) is 7.35. The van der Waals surface area contributed by atoms with Crippen LogP contribution in [0, 0.1) is 18.8 Å². The van der Waals surface area contributed by atoms with Crippen LogP contribution < -0.4 is 10.2 Å². The number of hydrogen-bond donors (Lipinski definition) is 1. The number of rotatable bonds is 5. The van der Waals surface area contributed by atoms with Gasteiger partial charge in [-0.05, 0) is 24.6 Å². The fourth-order valence-corrected chi connectivity index (χ4v) is 4.64. The first kappa shape index (κ1) is 19.5. The van der Waals surface area contributed by atoms with Crippen LogP contribution in [-0.4, -0.2) is 36.2 Å². The standard InChI is InChI=1S/C24H22N2O5/c1-15-7-9-17(10-8-15)26-21(27)19-18-11-12-24(31-18,20(19)22(26)28)14-25-23(29)30-13-16-5-3-2-4-6-16/h2-12,18-20H,13-14H2,1H3,(H,25,29)/t18-,19-,20-,24+/m1/s1. The number of benzene rings is 2. The summed E-state index contributed by atoms with van der Waals surface area (Å²) in [6, 6.07) is 16.6. The molecule has 0 unspecified atom stereocenters. The van der Waals surface area contributed by atoms with Gasteiger partial charge in [0.15, 0.2) is 0 Å². The van der Waals surface area contributed by atoms with Crippen LogP contribution >= 0.6 is 0 Å². The maximum absolute atomic E-state index is 13.3. The molecule has 0 aromatic heterocycles. The van der Waals surface area contributed by atoms with E-state index in [1.807, 2.05) is 55.5 Å². The topological polar surface area (TPSA) is 84.9 Å². The fraction of sp³-hybridized carbons (Fsp3) is 0.292. The van der Waals surface area contributed by atoms with E-state index in [4.69, 9.17) is 9.47 Å². The summed E-state index contributed by atoms with van der Waals surface area (Å²) in [7, 11) is 0. The molecule has 2 saturated heterocycles. The number of hydrogen-bond acceptors (Lipinski definition) is 5. The number of nitrogens with zero attached hydrogens (tertiary/aromatic N) is 1. The van der Waals surface area contributed by atoms with Crippen molar-refractivity contribution in [2.45, 2.75) is 25.2 Å². The van der Waals surface area contributed by atoms with Crippen LogP contribution in [0.15, 0.2) is 66.7 Å². The molecule has 2 aromatic carbocycles. The van der Waals surface area contributed by atoms with Gasteiger partial charge in [0.25, 0.3) is 0 Å². The Morgan fingerprint density at radius 1 is 1.10 bits per heavy atom. The molecule has 0 radical (unpaired) electrons. The normalized spacial score (nSPS) is 28.2. The Morgan fingerprint density at radius 3 is 2.58 bits per heavy atom. The number of alkyl carbamates (subject to hydrolysis) is 1. The molecule has 3 aliphatic rings. The number of ether oxygens (including phenoxy) is 2. The highest BCUT2D eigenvalue weighted by Crippen LogP contribution is 2.52. The molecule has 5 rings (SSSR count). The van der Waals surface area contributed by atoms with E-state index < -0.39 is 29.6 Å². The van der Waals surface area contributed by atoms with E-state index in [0.29, 0.717) is 5.69 Å². The van der Waals surface area contributed by atoms with Crippen molar-refractivity contribution in [2.24, 2.45) is 11.8 Å². The Morgan fingerprint density at radius 2 is 1.84 bits per heavy atom. The second-order valence-electron chi connectivity index (χ2n) is 8.16. The smallest absolute Gasteiger partial charge is 0.407 e. The van der Waals surface area contributed by atoms with Gasteiger partial charge in [0.05, 0.1) is 30.2 Å². The van der Waals surface area contributed by atoms with Crippen molar-refractivity contribution >= 4 is 23.6 Å². The third kappa shape index (κ3) is 3.21. The summed E-state index contributed by atoms with van der Waals surface area (Å²) in [5.41, 5.74) is 1.43. The summed E-state index contributed by atoms with van der Waals surface area (Å²) in [4.78, 5) is 39.8. The summed E-state index contributed by atoms with van der Waals surface area (Å²) in [6.07, 6.45) is 2.52. The van der Waals surface area contributed by atoms with Crippen molar-refractivity contribution in [3.8, 4) is 0 Å². The van der Waals surface area contributed by atoms with E-state index >= 15 is 0 Å². The highest BCUT2D eigenvalue weighted by atomic mass is 16.6. The van der Waals surface area contributed by atoms with Crippen LogP contribution in [0.1, 0.15) is 11.1 Å². The molecule has 0 spiro atoms. The molecule has 3 amide bonds. The number of amides is 3. The minimum atomic E-state index is -1.05. The van der Waals surface area contributed by atoms with E-state index in [1.165, 1.54) is 4.90 Å². The molecule has 7 heteroatoms. The SMILES string of the molecule is Cc1ccc(N2C(=O)[C@@H]3[C@H]4C=C[C@@](CNC(=O)OCc5ccccc5)(O4)[C@H]3C2=O)cc1. The Balaban J connectivity index is 1.29. The van der Waals surface area contributed by atoms with E-state index in [2.05, 4.69) is 5.32 Å². The van der Waals surface area contributed by atoms with Gasteiger partial charge >= 0.3 is 6.09 Å². The average Bonchev–Trinajstić information content (AvgIpc) is 3.43. The molecule has 0 aliphatic carbocycles. The first-order valence-corrected chi connectivity index (χ1v) is 10.2. The first-order chi connectivity index (χ1) is 15.0. The molecular formula is C24H22N2O5. The Labute approximate surface area is 179 Å². The average molecular weight is 418 g/mol. The lowest BCUT2D eigenvalue weighted by atomic mass is 9.77. The van der Waals surface area contributed by atoms with Gasteiger partial charge in [-0.2, -0.15) is 0 Å². The van der Waals surface area contributed by atoms with Gasteiger partial charge in [0, 0.05) is 0 Å². The molecule has 0 saturated carbocycles. The number of anilines is 1. The van der Waals surface area contributed by atoms with Gasteiger partial charge in [-0.25, -0.2) is 9.69 Å². The van der Waals surface area contributed by atoms with Crippen LogP contribution in [0.3, 0.4) is 0 Å². The quantitative estimate of drug-likeness (QED) is 0.596. The molecule has 2 aromatic rings. The van der Waals surface area contributed by atoms with Crippen molar-refractivity contribution in [1.29, 1.82) is 0 Å². The monoisotopic (exact) mass is 418 g/mol. The Hall–Kier alpha value is -3.45. The van der Waals surface area contributed by atoms with E-state index in [0.717, 1.165) is 11.1 Å². The van der Waals surface area contributed by atoms with Crippen molar-refractivity contribution in [1.82, 2.24) is 5.32 Å². The maximum Gasteiger partial charge on any atom is 0.407 e. The van der Waals surface area contributed by atoms with Crippen LogP contribution in [0.25, 0.3) is 0 Å². The number of carbonyl (C=O) groups excluding carboxylic acids is 3. The highest BCUT2D eigenvalue weighted by Gasteiger charge is 2.67. The number of carbonyl (C=O) groups is 3. The lowest BCUT2D eigenvalue weighted by Gasteiger charge is -2.28. The minimum Gasteiger partial charge on any atom is -0.445 e. The number of imide groups is 1. The molecule has 158 valence electrons. The zero-order valence-corrected chi connectivity index (χ0v) is 17.0. The summed E-state index contributed by atoms with van der Waals surface area (Å²) in [5.74, 6) is -1.82. The van der Waals surface area contributed by atoms with Crippen LogP contribution in [0.5, 0.6) is 0 Å². The molecule has 1 N–H and O–H groups in total. The van der Waals surface area contributed by atoms with Gasteiger partial charge in [-0.3, -0.25) is 9.59 Å². The molecule has 31 heavy (non-hydrogen) atoms. The van der Waals surface area contributed by atoms with Gasteiger partial charge in [-0.15, -0.1) is 0 Å². The third-order valence-corrected chi connectivity index (χ3v) is 6.17. The molecule has 3 heterocycles. The van der Waals surface area contributed by atoms with Gasteiger partial charge in [-0.1, -0.05) is 60.2 Å². The molecular weight excluding hydrogens is 396 g/mol. The predicted molar refractivity (Wildman–Crippen MR) is 112 cm³/mol. The molecule has 7 nitrogen and oxygen atoms in total. The second-order valence-corrected chi connectivity index (χ2v) is 8.16. The van der Waals surface area contributed by atoms with Gasteiger partial charge < -0.3 is 14.8 Å². The Bertz CT molecular complexity index is 1070. The molecule has 2 bridgehead atoms. The van der Waals surface area contributed by atoms with Crippen molar-refractivity contribution in [3.63, 3.8) is 0 Å². The molecule has 2 fully saturated rings. The zero-order chi connectivity index (χ0) is 21.6. The van der Waals surface area contributed by atoms with Crippen molar-refractivity contribution < 1.29 is 23.9 Å².